The molecule has 1 amide bonds. The van der Waals surface area contributed by atoms with Gasteiger partial charge >= 0.3 is 5.69 Å². The summed E-state index contributed by atoms with van der Waals surface area (Å²) in [5.74, 6) is -0.541. The summed E-state index contributed by atoms with van der Waals surface area (Å²) in [5, 5.41) is 16.7. The monoisotopic (exact) mass is 443 g/mol. The number of amides is 1. The van der Waals surface area contributed by atoms with E-state index in [9.17, 15) is 14.9 Å². The number of methoxy groups -OCH3 is 1. The van der Waals surface area contributed by atoms with Gasteiger partial charge in [-0.3, -0.25) is 20.2 Å². The molecule has 2 aromatic rings. The Labute approximate surface area is 161 Å². The van der Waals surface area contributed by atoms with E-state index in [1.807, 2.05) is 0 Å². The summed E-state index contributed by atoms with van der Waals surface area (Å²) >= 11 is 14.4. The number of nitro groups is 1. The lowest BCUT2D eigenvalue weighted by atomic mass is 10.2. The largest absolute Gasteiger partial charge is 0.490 e. The van der Waals surface area contributed by atoms with Crippen LogP contribution in [0.5, 0.6) is 5.75 Å². The Morgan fingerprint density at radius 2 is 2.04 bits per heavy atom. The first kappa shape index (κ1) is 19.1. The lowest BCUT2D eigenvalue weighted by Gasteiger charge is -2.11. The molecule has 0 atom stereocenters. The third kappa shape index (κ3) is 4.88. The highest BCUT2D eigenvalue weighted by molar-refractivity contribution is 9.10. The fourth-order valence-electron chi connectivity index (χ4n) is 1.89. The van der Waals surface area contributed by atoms with E-state index in [-0.39, 0.29) is 22.1 Å². The first-order chi connectivity index (χ1) is 11.8. The van der Waals surface area contributed by atoms with Crippen molar-refractivity contribution in [3.8, 4) is 5.75 Å². The number of nitro benzene ring substituents is 1. The van der Waals surface area contributed by atoms with Gasteiger partial charge in [0, 0.05) is 16.1 Å². The van der Waals surface area contributed by atoms with E-state index in [4.69, 9.17) is 28.6 Å². The second-order valence-electron chi connectivity index (χ2n) is 4.68. The fourth-order valence-corrected chi connectivity index (χ4v) is 2.82. The van der Waals surface area contributed by atoms with Crippen LogP contribution in [0.2, 0.25) is 5.02 Å². The molecule has 0 radical (unpaired) electrons. The van der Waals surface area contributed by atoms with Crippen LogP contribution in [-0.4, -0.2) is 23.1 Å². The summed E-state index contributed by atoms with van der Waals surface area (Å²) in [6.45, 7) is 0. The van der Waals surface area contributed by atoms with Crippen molar-refractivity contribution in [3.05, 3.63) is 61.6 Å². The molecule has 0 aromatic heterocycles. The zero-order chi connectivity index (χ0) is 18.6. The smallest absolute Gasteiger partial charge is 0.311 e. The number of carbonyl (C=O) groups is 1. The summed E-state index contributed by atoms with van der Waals surface area (Å²) in [6.07, 6.45) is 0. The Morgan fingerprint density at radius 3 is 2.64 bits per heavy atom. The van der Waals surface area contributed by atoms with Crippen molar-refractivity contribution < 1.29 is 14.5 Å². The molecule has 0 bridgehead atoms. The first-order valence-electron chi connectivity index (χ1n) is 6.71. The number of hydrogen-bond acceptors (Lipinski definition) is 5. The van der Waals surface area contributed by atoms with E-state index in [0.717, 1.165) is 10.5 Å². The van der Waals surface area contributed by atoms with Crippen LogP contribution in [0.1, 0.15) is 10.4 Å². The van der Waals surface area contributed by atoms with Crippen LogP contribution in [0, 0.1) is 10.1 Å². The number of hydrogen-bond donors (Lipinski definition) is 2. The minimum absolute atomic E-state index is 0.00712. The van der Waals surface area contributed by atoms with Crippen LogP contribution in [0.15, 0.2) is 40.9 Å². The maximum Gasteiger partial charge on any atom is 0.311 e. The van der Waals surface area contributed by atoms with E-state index >= 15 is 0 Å². The normalized spacial score (nSPS) is 10.0. The number of ether oxygens (including phenoxy) is 1. The molecule has 2 aromatic carbocycles. The van der Waals surface area contributed by atoms with Gasteiger partial charge in [0.1, 0.15) is 0 Å². The molecule has 25 heavy (non-hydrogen) atoms. The van der Waals surface area contributed by atoms with Crippen LogP contribution < -0.4 is 15.4 Å². The Morgan fingerprint density at radius 1 is 1.32 bits per heavy atom. The molecule has 0 fully saturated rings. The van der Waals surface area contributed by atoms with Gasteiger partial charge in [-0.05, 0) is 42.5 Å². The molecule has 7 nitrogen and oxygen atoms in total. The highest BCUT2D eigenvalue weighted by Crippen LogP contribution is 2.28. The maximum atomic E-state index is 12.2. The molecule has 10 heteroatoms. The molecule has 2 N–H and O–H groups in total. The van der Waals surface area contributed by atoms with E-state index in [2.05, 4.69) is 26.6 Å². The predicted molar refractivity (Wildman–Crippen MR) is 102 cm³/mol. The topological polar surface area (TPSA) is 93.5 Å². The van der Waals surface area contributed by atoms with Crippen LogP contribution in [0.4, 0.5) is 11.4 Å². The van der Waals surface area contributed by atoms with E-state index in [1.54, 1.807) is 18.2 Å². The van der Waals surface area contributed by atoms with E-state index in [1.165, 1.54) is 19.2 Å². The van der Waals surface area contributed by atoms with Crippen molar-refractivity contribution in [3.63, 3.8) is 0 Å². The average molecular weight is 445 g/mol. The molecule has 0 aliphatic rings. The van der Waals surface area contributed by atoms with Gasteiger partial charge in [-0.15, -0.1) is 0 Å². The molecule has 0 saturated carbocycles. The molecule has 0 spiro atoms. The number of nitrogens with one attached hydrogen (secondary N) is 2. The van der Waals surface area contributed by atoms with Crippen molar-refractivity contribution in [1.82, 2.24) is 5.32 Å². The summed E-state index contributed by atoms with van der Waals surface area (Å²) < 4.78 is 5.69. The van der Waals surface area contributed by atoms with Gasteiger partial charge in [-0.1, -0.05) is 27.5 Å². The molecule has 0 saturated heterocycles. The number of thiocarbonyl (C=S) groups is 1. The van der Waals surface area contributed by atoms with Crippen LogP contribution >= 0.6 is 39.7 Å². The Hall–Kier alpha value is -2.23. The summed E-state index contributed by atoms with van der Waals surface area (Å²) in [7, 11) is 1.31. The summed E-state index contributed by atoms with van der Waals surface area (Å²) in [5.41, 5.74) is 0.263. The minimum Gasteiger partial charge on any atom is -0.490 e. The zero-order valence-electron chi connectivity index (χ0n) is 12.7. The van der Waals surface area contributed by atoms with Crippen LogP contribution in [0.3, 0.4) is 0 Å². The predicted octanol–water partition coefficient (Wildman–Crippen LogP) is 4.15. The molecule has 130 valence electrons. The number of anilines is 1. The molecular formula is C15H11BrClN3O4S. The third-order valence-corrected chi connectivity index (χ3v) is 4.05. The van der Waals surface area contributed by atoms with E-state index in [0.29, 0.717) is 10.7 Å². The second-order valence-corrected chi connectivity index (χ2v) is 6.41. The number of nitrogens with zero attached hydrogens (tertiary/aromatic N) is 1. The van der Waals surface area contributed by atoms with Crippen LogP contribution in [0.25, 0.3) is 0 Å². The minimum atomic E-state index is -0.631. The van der Waals surface area contributed by atoms with Gasteiger partial charge in [0.05, 0.1) is 22.7 Å². The van der Waals surface area contributed by atoms with Gasteiger partial charge in [0.15, 0.2) is 10.9 Å². The zero-order valence-corrected chi connectivity index (χ0v) is 15.9. The van der Waals surface area contributed by atoms with Crippen molar-refractivity contribution in [2.24, 2.45) is 0 Å². The van der Waals surface area contributed by atoms with Crippen molar-refractivity contribution >= 4 is 62.1 Å². The number of benzene rings is 2. The van der Waals surface area contributed by atoms with Crippen molar-refractivity contribution in [1.29, 1.82) is 0 Å². The molecular weight excluding hydrogens is 434 g/mol. The number of rotatable bonds is 4. The summed E-state index contributed by atoms with van der Waals surface area (Å²) in [6, 6.07) is 8.96. The van der Waals surface area contributed by atoms with Gasteiger partial charge < -0.3 is 10.1 Å². The SMILES string of the molecule is COc1ccc(C(=O)NC(=S)Nc2ccc(Br)cc2Cl)cc1[N+](=O)[O-]. The fraction of sp³-hybridized carbons (Fsp3) is 0.0667. The molecule has 0 heterocycles. The quantitative estimate of drug-likeness (QED) is 0.418. The lowest BCUT2D eigenvalue weighted by molar-refractivity contribution is -0.385. The number of halogens is 2. The molecule has 2 rings (SSSR count). The summed E-state index contributed by atoms with van der Waals surface area (Å²) in [4.78, 5) is 22.6. The third-order valence-electron chi connectivity index (χ3n) is 3.04. The lowest BCUT2D eigenvalue weighted by Crippen LogP contribution is -2.34. The van der Waals surface area contributed by atoms with Gasteiger partial charge in [-0.25, -0.2) is 0 Å². The van der Waals surface area contributed by atoms with Crippen LogP contribution in [-0.2, 0) is 0 Å². The van der Waals surface area contributed by atoms with Crippen molar-refractivity contribution in [2.75, 3.05) is 12.4 Å². The Bertz CT molecular complexity index is 863. The maximum absolute atomic E-state index is 12.2. The average Bonchev–Trinajstić information content (AvgIpc) is 2.56. The van der Waals surface area contributed by atoms with E-state index < -0.39 is 10.8 Å². The second kappa shape index (κ2) is 8.24. The van der Waals surface area contributed by atoms with Gasteiger partial charge in [0.2, 0.25) is 0 Å². The Kier molecular flexibility index (Phi) is 6.29. The first-order valence-corrected chi connectivity index (χ1v) is 8.29. The Balaban J connectivity index is 2.12. The van der Waals surface area contributed by atoms with Gasteiger partial charge in [0.25, 0.3) is 5.91 Å². The molecule has 0 aliphatic carbocycles. The van der Waals surface area contributed by atoms with Crippen molar-refractivity contribution in [2.45, 2.75) is 0 Å². The number of carbonyl (C=O) groups excluding carboxylic acids is 1. The molecule has 0 aliphatic heterocycles. The standard InChI is InChI=1S/C15H11BrClN3O4S/c1-24-13-5-2-8(6-12(13)20(22)23)14(21)19-15(25)18-11-4-3-9(16)7-10(11)17/h2-7H,1H3,(H2,18,19,21,25). The highest BCUT2D eigenvalue weighted by atomic mass is 79.9. The molecule has 0 unspecified atom stereocenters. The van der Waals surface area contributed by atoms with Gasteiger partial charge in [-0.2, -0.15) is 0 Å². The highest BCUT2D eigenvalue weighted by Gasteiger charge is 2.18.